The summed E-state index contributed by atoms with van der Waals surface area (Å²) in [5.41, 5.74) is 0.953. The van der Waals surface area contributed by atoms with Crippen LogP contribution in [0.25, 0.3) is 0 Å². The second-order valence-electron chi connectivity index (χ2n) is 3.23. The molecule has 0 aliphatic carbocycles. The summed E-state index contributed by atoms with van der Waals surface area (Å²) in [6, 6.07) is 5.16. The highest BCUT2D eigenvalue weighted by atomic mass is 32.2. The van der Waals surface area contributed by atoms with Gasteiger partial charge >= 0.3 is 0 Å². The number of rotatable bonds is 4. The van der Waals surface area contributed by atoms with Gasteiger partial charge in [0.05, 0.1) is 4.90 Å². The lowest BCUT2D eigenvalue weighted by atomic mass is 10.2. The molecule has 0 amide bonds. The molecule has 1 N–H and O–H groups in total. The van der Waals surface area contributed by atoms with Gasteiger partial charge in [0.25, 0.3) is 0 Å². The molecular weight excluding hydrogens is 232 g/mol. The minimum Gasteiger partial charge on any atom is -0.396 e. The Kier molecular flexibility index (Phi) is 4.19. The molecule has 1 aromatic rings. The van der Waals surface area contributed by atoms with Gasteiger partial charge in [0, 0.05) is 17.8 Å². The standard InChI is InChI=1S/C10H14O3S2/c1-14-9-7-8(5-6-11)3-4-10(9)15(2,12)13/h3-4,7,11H,5-6H2,1-2H3. The van der Waals surface area contributed by atoms with E-state index in [2.05, 4.69) is 0 Å². The van der Waals surface area contributed by atoms with Crippen molar-refractivity contribution >= 4 is 21.6 Å². The quantitative estimate of drug-likeness (QED) is 0.815. The first-order chi connectivity index (χ1) is 6.99. The number of hydrogen-bond acceptors (Lipinski definition) is 4. The third-order valence-corrected chi connectivity index (χ3v) is 4.09. The van der Waals surface area contributed by atoms with Gasteiger partial charge in [-0.25, -0.2) is 8.42 Å². The van der Waals surface area contributed by atoms with Gasteiger partial charge in [-0.3, -0.25) is 0 Å². The van der Waals surface area contributed by atoms with Gasteiger partial charge in [-0.2, -0.15) is 0 Å². The summed E-state index contributed by atoms with van der Waals surface area (Å²) >= 11 is 1.40. The fourth-order valence-corrected chi connectivity index (χ4v) is 3.29. The van der Waals surface area contributed by atoms with Crippen molar-refractivity contribution in [2.24, 2.45) is 0 Å². The SMILES string of the molecule is CSc1cc(CCO)ccc1S(C)(=O)=O. The number of benzene rings is 1. The van der Waals surface area contributed by atoms with E-state index in [4.69, 9.17) is 5.11 Å². The largest absolute Gasteiger partial charge is 0.396 e. The number of aliphatic hydroxyl groups excluding tert-OH is 1. The predicted octanol–water partition coefficient (Wildman–Crippen LogP) is 1.35. The average molecular weight is 246 g/mol. The molecule has 0 bridgehead atoms. The molecule has 15 heavy (non-hydrogen) atoms. The van der Waals surface area contributed by atoms with E-state index in [9.17, 15) is 8.42 Å². The van der Waals surface area contributed by atoms with E-state index in [1.807, 2.05) is 12.3 Å². The van der Waals surface area contributed by atoms with E-state index in [1.165, 1.54) is 18.0 Å². The molecule has 0 saturated carbocycles. The number of hydrogen-bond donors (Lipinski definition) is 1. The minimum atomic E-state index is -3.16. The van der Waals surface area contributed by atoms with E-state index in [1.54, 1.807) is 12.1 Å². The fourth-order valence-electron chi connectivity index (χ4n) is 1.30. The highest BCUT2D eigenvalue weighted by molar-refractivity contribution is 7.99. The molecule has 0 aliphatic rings. The Morgan fingerprint density at radius 3 is 2.53 bits per heavy atom. The molecule has 0 aromatic heterocycles. The fraction of sp³-hybridized carbons (Fsp3) is 0.400. The molecule has 0 atom stereocenters. The highest BCUT2D eigenvalue weighted by Crippen LogP contribution is 2.26. The Morgan fingerprint density at radius 1 is 1.40 bits per heavy atom. The Hall–Kier alpha value is -0.520. The smallest absolute Gasteiger partial charge is 0.176 e. The van der Waals surface area contributed by atoms with Gasteiger partial charge in [-0.05, 0) is 30.4 Å². The monoisotopic (exact) mass is 246 g/mol. The van der Waals surface area contributed by atoms with E-state index < -0.39 is 9.84 Å². The molecule has 0 heterocycles. The van der Waals surface area contributed by atoms with Crippen LogP contribution in [-0.2, 0) is 16.3 Å². The van der Waals surface area contributed by atoms with Crippen molar-refractivity contribution in [1.82, 2.24) is 0 Å². The van der Waals surface area contributed by atoms with Crippen LogP contribution in [0.4, 0.5) is 0 Å². The summed E-state index contributed by atoms with van der Waals surface area (Å²) < 4.78 is 22.8. The second kappa shape index (κ2) is 5.01. The second-order valence-corrected chi connectivity index (χ2v) is 6.06. The van der Waals surface area contributed by atoms with Crippen LogP contribution in [-0.4, -0.2) is 32.6 Å². The molecule has 84 valence electrons. The molecule has 0 spiro atoms. The first kappa shape index (κ1) is 12.5. The van der Waals surface area contributed by atoms with E-state index >= 15 is 0 Å². The highest BCUT2D eigenvalue weighted by Gasteiger charge is 2.12. The normalized spacial score (nSPS) is 11.7. The summed E-state index contributed by atoms with van der Waals surface area (Å²) in [5, 5.41) is 8.79. The van der Waals surface area contributed by atoms with Crippen molar-refractivity contribution in [3.05, 3.63) is 23.8 Å². The van der Waals surface area contributed by atoms with Crippen molar-refractivity contribution < 1.29 is 13.5 Å². The molecule has 0 aliphatic heterocycles. The summed E-state index contributed by atoms with van der Waals surface area (Å²) in [7, 11) is -3.16. The van der Waals surface area contributed by atoms with E-state index in [0.717, 1.165) is 10.5 Å². The summed E-state index contributed by atoms with van der Waals surface area (Å²) in [5.74, 6) is 0. The van der Waals surface area contributed by atoms with Gasteiger partial charge in [0.15, 0.2) is 9.84 Å². The van der Waals surface area contributed by atoms with Gasteiger partial charge in [-0.1, -0.05) is 6.07 Å². The molecule has 1 aromatic carbocycles. The Balaban J connectivity index is 3.21. The Morgan fingerprint density at radius 2 is 2.07 bits per heavy atom. The van der Waals surface area contributed by atoms with Crippen LogP contribution >= 0.6 is 11.8 Å². The molecule has 0 unspecified atom stereocenters. The maximum atomic E-state index is 11.4. The van der Waals surface area contributed by atoms with Crippen molar-refractivity contribution in [3.63, 3.8) is 0 Å². The van der Waals surface area contributed by atoms with Crippen LogP contribution in [0.5, 0.6) is 0 Å². The molecule has 3 nitrogen and oxygen atoms in total. The maximum absolute atomic E-state index is 11.4. The van der Waals surface area contributed by atoms with Gasteiger partial charge in [0.1, 0.15) is 0 Å². The molecular formula is C10H14O3S2. The lowest BCUT2D eigenvalue weighted by molar-refractivity contribution is 0.299. The predicted molar refractivity (Wildman–Crippen MR) is 62.1 cm³/mol. The lowest BCUT2D eigenvalue weighted by Gasteiger charge is -2.07. The Labute approximate surface area is 94.4 Å². The van der Waals surface area contributed by atoms with Crippen LogP contribution in [0.2, 0.25) is 0 Å². The van der Waals surface area contributed by atoms with Crippen LogP contribution in [0, 0.1) is 0 Å². The third kappa shape index (κ3) is 3.22. The molecule has 0 fully saturated rings. The first-order valence-corrected chi connectivity index (χ1v) is 7.58. The van der Waals surface area contributed by atoms with Gasteiger partial charge in [0.2, 0.25) is 0 Å². The van der Waals surface area contributed by atoms with Crippen LogP contribution in [0.15, 0.2) is 28.0 Å². The van der Waals surface area contributed by atoms with E-state index in [0.29, 0.717) is 11.3 Å². The first-order valence-electron chi connectivity index (χ1n) is 4.47. The van der Waals surface area contributed by atoms with E-state index in [-0.39, 0.29) is 6.61 Å². The minimum absolute atomic E-state index is 0.0754. The number of aliphatic hydroxyl groups is 1. The third-order valence-electron chi connectivity index (χ3n) is 2.03. The van der Waals surface area contributed by atoms with Crippen molar-refractivity contribution in [1.29, 1.82) is 0 Å². The van der Waals surface area contributed by atoms with Crippen LogP contribution < -0.4 is 0 Å². The van der Waals surface area contributed by atoms with Gasteiger partial charge < -0.3 is 5.11 Å². The van der Waals surface area contributed by atoms with Crippen LogP contribution in [0.1, 0.15) is 5.56 Å². The zero-order valence-electron chi connectivity index (χ0n) is 8.73. The van der Waals surface area contributed by atoms with Crippen LogP contribution in [0.3, 0.4) is 0 Å². The molecule has 0 saturated heterocycles. The topological polar surface area (TPSA) is 54.4 Å². The maximum Gasteiger partial charge on any atom is 0.176 e. The van der Waals surface area contributed by atoms with Crippen molar-refractivity contribution in [2.75, 3.05) is 19.1 Å². The average Bonchev–Trinajstić information content (AvgIpc) is 2.16. The lowest BCUT2D eigenvalue weighted by Crippen LogP contribution is -2.00. The zero-order chi connectivity index (χ0) is 11.5. The Bertz CT molecular complexity index is 438. The molecule has 5 heteroatoms. The summed E-state index contributed by atoms with van der Waals surface area (Å²) in [6.07, 6.45) is 3.60. The number of thioether (sulfide) groups is 1. The van der Waals surface area contributed by atoms with Crippen molar-refractivity contribution in [2.45, 2.75) is 16.2 Å². The number of sulfone groups is 1. The van der Waals surface area contributed by atoms with Crippen molar-refractivity contribution in [3.8, 4) is 0 Å². The summed E-state index contributed by atoms with van der Waals surface area (Å²) in [6.45, 7) is 0.0754. The van der Waals surface area contributed by atoms with Gasteiger partial charge in [-0.15, -0.1) is 11.8 Å². The summed E-state index contributed by atoms with van der Waals surface area (Å²) in [4.78, 5) is 1.10. The molecule has 0 radical (unpaired) electrons. The molecule has 1 rings (SSSR count). The zero-order valence-corrected chi connectivity index (χ0v) is 10.4.